The van der Waals surface area contributed by atoms with E-state index < -0.39 is 6.09 Å². The summed E-state index contributed by atoms with van der Waals surface area (Å²) in [5.41, 5.74) is 0. The summed E-state index contributed by atoms with van der Waals surface area (Å²) in [6.45, 7) is 0.530. The molecule has 4 nitrogen and oxygen atoms in total. The number of aliphatic hydroxyl groups is 1. The number of nitrogens with one attached hydrogen (secondary N) is 1. The zero-order chi connectivity index (χ0) is 8.97. The summed E-state index contributed by atoms with van der Waals surface area (Å²) in [6, 6.07) is 0. The molecule has 0 spiro atoms. The Balaban J connectivity index is 2.13. The van der Waals surface area contributed by atoms with E-state index in [2.05, 4.69) is 5.32 Å². The van der Waals surface area contributed by atoms with E-state index in [-0.39, 0.29) is 6.10 Å². The molecule has 0 aromatic carbocycles. The van der Waals surface area contributed by atoms with Crippen molar-refractivity contribution >= 4 is 6.09 Å². The van der Waals surface area contributed by atoms with Gasteiger partial charge in [0.1, 0.15) is 0 Å². The van der Waals surface area contributed by atoms with Crippen LogP contribution in [0.25, 0.3) is 0 Å². The maximum absolute atomic E-state index is 10.1. The number of carbonyl (C=O) groups is 1. The molecule has 3 N–H and O–H groups in total. The van der Waals surface area contributed by atoms with E-state index in [1.807, 2.05) is 0 Å². The first-order valence-electron chi connectivity index (χ1n) is 4.33. The molecule has 0 heterocycles. The molecule has 4 heteroatoms. The standard InChI is InChI=1S/C8H15NO3/c10-7-3-1-6(2-4-7)5-9-8(11)12/h6-7,9-10H,1-5H2,(H,11,12). The van der Waals surface area contributed by atoms with E-state index in [9.17, 15) is 4.79 Å². The van der Waals surface area contributed by atoms with Crippen molar-refractivity contribution in [1.29, 1.82) is 0 Å². The quantitative estimate of drug-likeness (QED) is 0.578. The maximum Gasteiger partial charge on any atom is 0.404 e. The SMILES string of the molecule is O=C(O)NCC1CCC(O)CC1. The molecular formula is C8H15NO3. The summed E-state index contributed by atoms with van der Waals surface area (Å²) >= 11 is 0. The number of carboxylic acid groups (broad SMARTS) is 1. The second-order valence-corrected chi connectivity index (χ2v) is 3.36. The third-order valence-corrected chi connectivity index (χ3v) is 2.36. The molecule has 0 unspecified atom stereocenters. The Hall–Kier alpha value is -0.770. The molecule has 1 amide bonds. The fourth-order valence-corrected chi connectivity index (χ4v) is 1.58. The van der Waals surface area contributed by atoms with Gasteiger partial charge in [-0.2, -0.15) is 0 Å². The van der Waals surface area contributed by atoms with Crippen molar-refractivity contribution in [2.75, 3.05) is 6.54 Å². The van der Waals surface area contributed by atoms with Gasteiger partial charge in [0.2, 0.25) is 0 Å². The third kappa shape index (κ3) is 3.09. The molecule has 1 rings (SSSR count). The van der Waals surface area contributed by atoms with Gasteiger partial charge in [-0.1, -0.05) is 0 Å². The molecule has 0 aliphatic heterocycles. The number of hydrogen-bond donors (Lipinski definition) is 3. The average molecular weight is 173 g/mol. The smallest absolute Gasteiger partial charge is 0.404 e. The van der Waals surface area contributed by atoms with Crippen molar-refractivity contribution in [3.63, 3.8) is 0 Å². The van der Waals surface area contributed by atoms with Crippen molar-refractivity contribution in [3.05, 3.63) is 0 Å². The van der Waals surface area contributed by atoms with Crippen LogP contribution in [-0.2, 0) is 0 Å². The monoisotopic (exact) mass is 173 g/mol. The van der Waals surface area contributed by atoms with Crippen molar-refractivity contribution in [2.24, 2.45) is 5.92 Å². The fourth-order valence-electron chi connectivity index (χ4n) is 1.58. The normalized spacial score (nSPS) is 29.8. The Kier molecular flexibility index (Phi) is 3.34. The lowest BCUT2D eigenvalue weighted by Gasteiger charge is -2.24. The van der Waals surface area contributed by atoms with Gasteiger partial charge in [-0.3, -0.25) is 0 Å². The summed E-state index contributed by atoms with van der Waals surface area (Å²) < 4.78 is 0. The molecule has 70 valence electrons. The van der Waals surface area contributed by atoms with Gasteiger partial charge in [-0.25, -0.2) is 4.79 Å². The predicted molar refractivity (Wildman–Crippen MR) is 44.0 cm³/mol. The zero-order valence-electron chi connectivity index (χ0n) is 6.99. The van der Waals surface area contributed by atoms with E-state index in [1.54, 1.807) is 0 Å². The lowest BCUT2D eigenvalue weighted by molar-refractivity contribution is 0.108. The van der Waals surface area contributed by atoms with E-state index >= 15 is 0 Å². The summed E-state index contributed by atoms with van der Waals surface area (Å²) in [5.74, 6) is 0.421. The van der Waals surface area contributed by atoms with Crippen LogP contribution in [0.3, 0.4) is 0 Å². The minimum atomic E-state index is -0.957. The van der Waals surface area contributed by atoms with Crippen LogP contribution in [0, 0.1) is 5.92 Å². The summed E-state index contributed by atoms with van der Waals surface area (Å²) in [5, 5.41) is 19.9. The maximum atomic E-state index is 10.1. The Labute approximate surface area is 71.6 Å². The minimum absolute atomic E-state index is 0.161. The van der Waals surface area contributed by atoms with Crippen molar-refractivity contribution in [2.45, 2.75) is 31.8 Å². The number of aliphatic hydroxyl groups excluding tert-OH is 1. The van der Waals surface area contributed by atoms with Crippen LogP contribution >= 0.6 is 0 Å². The first-order chi connectivity index (χ1) is 5.68. The number of rotatable bonds is 2. The highest BCUT2D eigenvalue weighted by Gasteiger charge is 2.19. The molecule has 0 radical (unpaired) electrons. The molecular weight excluding hydrogens is 158 g/mol. The molecule has 1 aliphatic rings. The van der Waals surface area contributed by atoms with Crippen molar-refractivity contribution in [1.82, 2.24) is 5.32 Å². The predicted octanol–water partition coefficient (Wildman–Crippen LogP) is 0.805. The first kappa shape index (κ1) is 9.32. The Morgan fingerprint density at radius 3 is 2.42 bits per heavy atom. The molecule has 0 atom stereocenters. The highest BCUT2D eigenvalue weighted by Crippen LogP contribution is 2.23. The van der Waals surface area contributed by atoms with Crippen molar-refractivity contribution < 1.29 is 15.0 Å². The highest BCUT2D eigenvalue weighted by atomic mass is 16.4. The minimum Gasteiger partial charge on any atom is -0.465 e. The van der Waals surface area contributed by atoms with E-state index in [0.29, 0.717) is 12.5 Å². The lowest BCUT2D eigenvalue weighted by Crippen LogP contribution is -2.30. The van der Waals surface area contributed by atoms with Crippen LogP contribution in [0.2, 0.25) is 0 Å². The summed E-state index contributed by atoms with van der Waals surface area (Å²) in [7, 11) is 0. The van der Waals surface area contributed by atoms with Gasteiger partial charge in [0, 0.05) is 6.54 Å². The van der Waals surface area contributed by atoms with Crippen LogP contribution < -0.4 is 5.32 Å². The topological polar surface area (TPSA) is 69.6 Å². The first-order valence-corrected chi connectivity index (χ1v) is 4.33. The van der Waals surface area contributed by atoms with Crippen LogP contribution in [0.4, 0.5) is 4.79 Å². The summed E-state index contributed by atoms with van der Waals surface area (Å²) in [4.78, 5) is 10.1. The van der Waals surface area contributed by atoms with Gasteiger partial charge in [0.15, 0.2) is 0 Å². The molecule has 0 aromatic heterocycles. The Morgan fingerprint density at radius 2 is 1.92 bits per heavy atom. The second kappa shape index (κ2) is 4.30. The van der Waals surface area contributed by atoms with Gasteiger partial charge < -0.3 is 15.5 Å². The molecule has 0 aromatic rings. The molecule has 0 saturated heterocycles. The summed E-state index contributed by atoms with van der Waals surface area (Å²) in [6.07, 6.45) is 2.37. The molecule has 1 aliphatic carbocycles. The van der Waals surface area contributed by atoms with Gasteiger partial charge in [-0.15, -0.1) is 0 Å². The van der Waals surface area contributed by atoms with Gasteiger partial charge >= 0.3 is 6.09 Å². The zero-order valence-corrected chi connectivity index (χ0v) is 6.99. The van der Waals surface area contributed by atoms with Gasteiger partial charge in [0.05, 0.1) is 6.10 Å². The molecule has 12 heavy (non-hydrogen) atoms. The number of amides is 1. The van der Waals surface area contributed by atoms with Crippen LogP contribution in [-0.4, -0.2) is 29.0 Å². The van der Waals surface area contributed by atoms with Gasteiger partial charge in [-0.05, 0) is 31.6 Å². The van der Waals surface area contributed by atoms with E-state index in [1.165, 1.54) is 0 Å². The Morgan fingerprint density at radius 1 is 1.33 bits per heavy atom. The second-order valence-electron chi connectivity index (χ2n) is 3.36. The van der Waals surface area contributed by atoms with Crippen molar-refractivity contribution in [3.8, 4) is 0 Å². The van der Waals surface area contributed by atoms with E-state index in [4.69, 9.17) is 10.2 Å². The molecule has 1 fully saturated rings. The molecule has 1 saturated carbocycles. The highest BCUT2D eigenvalue weighted by molar-refractivity contribution is 5.64. The fraction of sp³-hybridized carbons (Fsp3) is 0.875. The Bertz CT molecular complexity index is 152. The van der Waals surface area contributed by atoms with Crippen LogP contribution in [0.1, 0.15) is 25.7 Å². The van der Waals surface area contributed by atoms with Crippen LogP contribution in [0.5, 0.6) is 0 Å². The largest absolute Gasteiger partial charge is 0.465 e. The van der Waals surface area contributed by atoms with E-state index in [0.717, 1.165) is 25.7 Å². The third-order valence-electron chi connectivity index (χ3n) is 2.36. The van der Waals surface area contributed by atoms with Crippen LogP contribution in [0.15, 0.2) is 0 Å². The lowest BCUT2D eigenvalue weighted by atomic mass is 9.87. The van der Waals surface area contributed by atoms with Gasteiger partial charge in [0.25, 0.3) is 0 Å². The molecule has 0 bridgehead atoms. The average Bonchev–Trinajstić information content (AvgIpc) is 2.03. The number of hydrogen-bond acceptors (Lipinski definition) is 2.